The molecule has 3 aromatic rings. The molecule has 0 saturated carbocycles. The van der Waals surface area contributed by atoms with Gasteiger partial charge in [-0.15, -0.1) is 0 Å². The maximum atomic E-state index is 12.6. The first-order valence-electron chi connectivity index (χ1n) is 8.26. The van der Waals surface area contributed by atoms with Crippen molar-refractivity contribution in [1.29, 1.82) is 0 Å². The number of amides is 3. The van der Waals surface area contributed by atoms with Gasteiger partial charge in [-0.3, -0.25) is 4.79 Å². The molecule has 26 heavy (non-hydrogen) atoms. The SMILES string of the molecule is COc1cc2c(cc1NC(=O)[C@@H](NC(N)=O)C(C)C)oc1ccccc12. The second-order valence-corrected chi connectivity index (χ2v) is 6.37. The third-order valence-corrected chi connectivity index (χ3v) is 4.20. The highest BCUT2D eigenvalue weighted by Crippen LogP contribution is 2.36. The lowest BCUT2D eigenvalue weighted by atomic mass is 10.0. The Bertz CT molecular complexity index is 977. The van der Waals surface area contributed by atoms with Crippen LogP contribution in [0.5, 0.6) is 5.75 Å². The van der Waals surface area contributed by atoms with E-state index in [4.69, 9.17) is 14.9 Å². The summed E-state index contributed by atoms with van der Waals surface area (Å²) in [6, 6.07) is 9.70. The van der Waals surface area contributed by atoms with E-state index < -0.39 is 12.1 Å². The molecule has 1 atom stereocenters. The highest BCUT2D eigenvalue weighted by Gasteiger charge is 2.24. The van der Waals surface area contributed by atoms with Gasteiger partial charge in [-0.05, 0) is 18.1 Å². The molecular weight excluding hydrogens is 334 g/mol. The molecule has 0 spiro atoms. The van der Waals surface area contributed by atoms with Crippen molar-refractivity contribution in [1.82, 2.24) is 5.32 Å². The molecule has 0 aliphatic rings. The molecule has 1 aromatic heterocycles. The first-order valence-corrected chi connectivity index (χ1v) is 8.26. The van der Waals surface area contributed by atoms with Crippen molar-refractivity contribution in [3.63, 3.8) is 0 Å². The van der Waals surface area contributed by atoms with Crippen molar-refractivity contribution in [3.05, 3.63) is 36.4 Å². The van der Waals surface area contributed by atoms with E-state index in [0.717, 1.165) is 16.4 Å². The van der Waals surface area contributed by atoms with Gasteiger partial charge >= 0.3 is 6.03 Å². The van der Waals surface area contributed by atoms with E-state index >= 15 is 0 Å². The zero-order chi connectivity index (χ0) is 18.8. The first kappa shape index (κ1) is 17.6. The number of nitrogens with one attached hydrogen (secondary N) is 2. The summed E-state index contributed by atoms with van der Waals surface area (Å²) in [7, 11) is 1.53. The van der Waals surface area contributed by atoms with Gasteiger partial charge in [-0.25, -0.2) is 4.79 Å². The lowest BCUT2D eigenvalue weighted by molar-refractivity contribution is -0.118. The average molecular weight is 355 g/mol. The predicted octanol–water partition coefficient (Wildman–Crippen LogP) is 3.23. The van der Waals surface area contributed by atoms with Crippen molar-refractivity contribution in [3.8, 4) is 5.75 Å². The van der Waals surface area contributed by atoms with Gasteiger partial charge in [0.05, 0.1) is 12.8 Å². The average Bonchev–Trinajstić information content (AvgIpc) is 2.95. The first-order chi connectivity index (χ1) is 12.4. The van der Waals surface area contributed by atoms with Crippen LogP contribution in [0.1, 0.15) is 13.8 Å². The van der Waals surface area contributed by atoms with Crippen LogP contribution in [-0.4, -0.2) is 25.1 Å². The normalized spacial score (nSPS) is 12.3. The largest absolute Gasteiger partial charge is 0.495 e. The van der Waals surface area contributed by atoms with Crippen LogP contribution in [0.15, 0.2) is 40.8 Å². The number of hydrogen-bond donors (Lipinski definition) is 3. The van der Waals surface area contributed by atoms with Gasteiger partial charge in [0.15, 0.2) is 0 Å². The Morgan fingerprint density at radius 3 is 2.50 bits per heavy atom. The Hall–Kier alpha value is -3.22. The van der Waals surface area contributed by atoms with Crippen LogP contribution in [0.25, 0.3) is 21.9 Å². The van der Waals surface area contributed by atoms with Gasteiger partial charge in [0.2, 0.25) is 5.91 Å². The summed E-state index contributed by atoms with van der Waals surface area (Å²) in [5, 5.41) is 7.11. The van der Waals surface area contributed by atoms with Crippen LogP contribution in [-0.2, 0) is 4.79 Å². The summed E-state index contributed by atoms with van der Waals surface area (Å²) in [4.78, 5) is 23.8. The molecule has 7 nitrogen and oxygen atoms in total. The zero-order valence-corrected chi connectivity index (χ0v) is 14.8. The second-order valence-electron chi connectivity index (χ2n) is 6.37. The monoisotopic (exact) mass is 355 g/mol. The molecule has 0 radical (unpaired) electrons. The second kappa shape index (κ2) is 6.95. The molecule has 0 aliphatic heterocycles. The van der Waals surface area contributed by atoms with E-state index in [-0.39, 0.29) is 11.8 Å². The minimum Gasteiger partial charge on any atom is -0.495 e. The van der Waals surface area contributed by atoms with E-state index in [9.17, 15) is 9.59 Å². The van der Waals surface area contributed by atoms with Crippen molar-refractivity contribution in [2.75, 3.05) is 12.4 Å². The molecule has 3 amide bonds. The van der Waals surface area contributed by atoms with Crippen LogP contribution >= 0.6 is 0 Å². The molecule has 3 rings (SSSR count). The van der Waals surface area contributed by atoms with E-state index in [1.807, 2.05) is 44.2 Å². The Morgan fingerprint density at radius 2 is 1.85 bits per heavy atom. The van der Waals surface area contributed by atoms with E-state index in [0.29, 0.717) is 17.0 Å². The zero-order valence-electron chi connectivity index (χ0n) is 14.8. The number of carbonyl (C=O) groups excluding carboxylic acids is 2. The van der Waals surface area contributed by atoms with E-state index in [1.165, 1.54) is 7.11 Å². The predicted molar refractivity (Wildman–Crippen MR) is 100 cm³/mol. The molecule has 0 saturated heterocycles. The van der Waals surface area contributed by atoms with Gasteiger partial charge in [-0.1, -0.05) is 32.0 Å². The number of rotatable bonds is 5. The molecule has 0 aliphatic carbocycles. The Kier molecular flexibility index (Phi) is 4.71. The summed E-state index contributed by atoms with van der Waals surface area (Å²) < 4.78 is 11.3. The number of urea groups is 1. The van der Waals surface area contributed by atoms with Gasteiger partial charge in [0, 0.05) is 16.8 Å². The third-order valence-electron chi connectivity index (χ3n) is 4.20. The lowest BCUT2D eigenvalue weighted by Gasteiger charge is -2.21. The number of methoxy groups -OCH3 is 1. The number of carbonyl (C=O) groups is 2. The molecule has 0 fully saturated rings. The number of nitrogens with two attached hydrogens (primary N) is 1. The molecule has 1 heterocycles. The molecule has 136 valence electrons. The number of benzene rings is 2. The molecule has 2 aromatic carbocycles. The van der Waals surface area contributed by atoms with Crippen LogP contribution in [0.2, 0.25) is 0 Å². The van der Waals surface area contributed by atoms with Crippen LogP contribution in [0, 0.1) is 5.92 Å². The topological polar surface area (TPSA) is 107 Å². The molecule has 7 heteroatoms. The van der Waals surface area contributed by atoms with Gasteiger partial charge in [0.25, 0.3) is 0 Å². The minimum atomic E-state index is -0.761. The molecular formula is C19H21N3O4. The summed E-state index contributed by atoms with van der Waals surface area (Å²) in [5.74, 6) is -0.0185. The smallest absolute Gasteiger partial charge is 0.312 e. The molecule has 0 unspecified atom stereocenters. The quantitative estimate of drug-likeness (QED) is 0.653. The van der Waals surface area contributed by atoms with Crippen molar-refractivity contribution in [2.45, 2.75) is 19.9 Å². The minimum absolute atomic E-state index is 0.136. The fraction of sp³-hybridized carbons (Fsp3) is 0.263. The summed E-state index contributed by atoms with van der Waals surface area (Å²) in [6.07, 6.45) is 0. The number of para-hydroxylation sites is 1. The van der Waals surface area contributed by atoms with E-state index in [1.54, 1.807) is 6.07 Å². The number of hydrogen-bond acceptors (Lipinski definition) is 4. The van der Waals surface area contributed by atoms with Crippen molar-refractivity contribution in [2.24, 2.45) is 11.7 Å². The summed E-state index contributed by atoms with van der Waals surface area (Å²) in [5.41, 5.74) is 7.01. The number of anilines is 1. The van der Waals surface area contributed by atoms with Crippen LogP contribution in [0.3, 0.4) is 0 Å². The highest BCUT2D eigenvalue weighted by molar-refractivity contribution is 6.08. The highest BCUT2D eigenvalue weighted by atomic mass is 16.5. The standard InChI is InChI=1S/C19H21N3O4/c1-10(2)17(22-19(20)24)18(23)21-13-9-15-12(8-16(13)25-3)11-6-4-5-7-14(11)26-15/h4-10,17H,1-3H3,(H,21,23)(H3,20,22,24)/t17-/m0/s1. The summed E-state index contributed by atoms with van der Waals surface area (Å²) >= 11 is 0. The fourth-order valence-corrected chi connectivity index (χ4v) is 2.92. The number of ether oxygens (including phenoxy) is 1. The Balaban J connectivity index is 1.99. The van der Waals surface area contributed by atoms with E-state index in [2.05, 4.69) is 10.6 Å². The molecule has 4 N–H and O–H groups in total. The maximum Gasteiger partial charge on any atom is 0.312 e. The van der Waals surface area contributed by atoms with Crippen LogP contribution in [0.4, 0.5) is 10.5 Å². The molecule has 0 bridgehead atoms. The van der Waals surface area contributed by atoms with Crippen molar-refractivity contribution < 1.29 is 18.7 Å². The van der Waals surface area contributed by atoms with Gasteiger partial charge in [-0.2, -0.15) is 0 Å². The number of fused-ring (bicyclic) bond motifs is 3. The van der Waals surface area contributed by atoms with Crippen molar-refractivity contribution >= 4 is 39.6 Å². The number of primary amides is 1. The lowest BCUT2D eigenvalue weighted by Crippen LogP contribution is -2.49. The van der Waals surface area contributed by atoms with Gasteiger partial charge in [0.1, 0.15) is 23.0 Å². The fourth-order valence-electron chi connectivity index (χ4n) is 2.92. The maximum absolute atomic E-state index is 12.6. The third kappa shape index (κ3) is 3.28. The number of furan rings is 1. The Labute approximate surface area is 150 Å². The van der Waals surface area contributed by atoms with Gasteiger partial charge < -0.3 is 25.5 Å². The Morgan fingerprint density at radius 1 is 1.12 bits per heavy atom. The summed E-state index contributed by atoms with van der Waals surface area (Å²) in [6.45, 7) is 3.64. The van der Waals surface area contributed by atoms with Crippen LogP contribution < -0.4 is 21.1 Å².